The van der Waals surface area contributed by atoms with Crippen molar-refractivity contribution >= 4 is 16.7 Å². The first kappa shape index (κ1) is 7.70. The zero-order valence-electron chi connectivity index (χ0n) is 7.53. The summed E-state index contributed by atoms with van der Waals surface area (Å²) in [6.07, 6.45) is 1.28. The minimum atomic E-state index is 0.664. The first-order chi connectivity index (χ1) is 6.33. The Labute approximate surface area is 81.1 Å². The Morgan fingerprint density at radius 3 is 3.08 bits per heavy atom. The molecule has 1 aromatic heterocycles. The molecule has 2 aliphatic heterocycles. The van der Waals surface area contributed by atoms with Crippen molar-refractivity contribution in [3.05, 3.63) is 5.82 Å². The lowest BCUT2D eigenvalue weighted by atomic mass is 10.2. The standard InChI is InChI=1S/C8H12N4S/c1-5-10-8(13-11-5)12-4-6-2-7(12)3-9-6/h6-7,9H,2-4H2,1H3/t6-,7-/m0/s1. The third-order valence-corrected chi connectivity index (χ3v) is 3.66. The van der Waals surface area contributed by atoms with E-state index < -0.39 is 0 Å². The molecule has 3 heterocycles. The van der Waals surface area contributed by atoms with Gasteiger partial charge in [0.25, 0.3) is 0 Å². The monoisotopic (exact) mass is 196 g/mol. The highest BCUT2D eigenvalue weighted by atomic mass is 32.1. The summed E-state index contributed by atoms with van der Waals surface area (Å²) in [5.74, 6) is 0.899. The average molecular weight is 196 g/mol. The van der Waals surface area contributed by atoms with Gasteiger partial charge in [-0.05, 0) is 13.3 Å². The second kappa shape index (κ2) is 2.65. The fourth-order valence-electron chi connectivity index (χ4n) is 2.20. The van der Waals surface area contributed by atoms with E-state index in [2.05, 4.69) is 19.6 Å². The fourth-order valence-corrected chi connectivity index (χ4v) is 2.95. The van der Waals surface area contributed by atoms with Crippen LogP contribution in [0, 0.1) is 6.92 Å². The van der Waals surface area contributed by atoms with Crippen molar-refractivity contribution in [1.29, 1.82) is 0 Å². The summed E-state index contributed by atoms with van der Waals surface area (Å²) >= 11 is 1.52. The van der Waals surface area contributed by atoms with E-state index in [4.69, 9.17) is 0 Å². The van der Waals surface area contributed by atoms with E-state index in [1.807, 2.05) is 6.92 Å². The summed E-state index contributed by atoms with van der Waals surface area (Å²) in [6, 6.07) is 1.35. The van der Waals surface area contributed by atoms with Crippen LogP contribution in [0.4, 0.5) is 5.13 Å². The SMILES string of the molecule is Cc1nsc(N2C[C@@H]3C[C@H]2CN3)n1. The van der Waals surface area contributed by atoms with Crippen LogP contribution in [0.25, 0.3) is 0 Å². The molecule has 5 heteroatoms. The van der Waals surface area contributed by atoms with Gasteiger partial charge in [-0.1, -0.05) is 0 Å². The lowest BCUT2D eigenvalue weighted by Gasteiger charge is -2.26. The molecule has 2 bridgehead atoms. The van der Waals surface area contributed by atoms with Crippen molar-refractivity contribution in [2.24, 2.45) is 0 Å². The Balaban J connectivity index is 1.87. The van der Waals surface area contributed by atoms with Crippen molar-refractivity contribution in [2.45, 2.75) is 25.4 Å². The number of nitrogens with zero attached hydrogens (tertiary/aromatic N) is 3. The molecule has 2 saturated heterocycles. The van der Waals surface area contributed by atoms with E-state index in [1.165, 1.54) is 18.0 Å². The molecule has 13 heavy (non-hydrogen) atoms. The minimum absolute atomic E-state index is 0.664. The first-order valence-corrected chi connectivity index (χ1v) is 5.40. The molecule has 3 rings (SSSR count). The molecule has 0 spiro atoms. The molecular weight excluding hydrogens is 184 g/mol. The second-order valence-corrected chi connectivity index (χ2v) is 4.50. The van der Waals surface area contributed by atoms with Crippen LogP contribution in [0.1, 0.15) is 12.2 Å². The molecule has 2 aliphatic rings. The Hall–Kier alpha value is -0.680. The second-order valence-electron chi connectivity index (χ2n) is 3.77. The van der Waals surface area contributed by atoms with E-state index in [-0.39, 0.29) is 0 Å². The van der Waals surface area contributed by atoms with Crippen molar-refractivity contribution in [3.63, 3.8) is 0 Å². The van der Waals surface area contributed by atoms with Gasteiger partial charge in [0.15, 0.2) is 0 Å². The zero-order chi connectivity index (χ0) is 8.84. The van der Waals surface area contributed by atoms with E-state index in [1.54, 1.807) is 0 Å². The quantitative estimate of drug-likeness (QED) is 0.706. The molecule has 2 fully saturated rings. The van der Waals surface area contributed by atoms with Crippen LogP contribution in [0.5, 0.6) is 0 Å². The van der Waals surface area contributed by atoms with Crippen LogP contribution in [0.15, 0.2) is 0 Å². The van der Waals surface area contributed by atoms with Crippen molar-refractivity contribution in [2.75, 3.05) is 18.0 Å². The number of hydrogen-bond donors (Lipinski definition) is 1. The van der Waals surface area contributed by atoms with Gasteiger partial charge >= 0.3 is 0 Å². The average Bonchev–Trinajstić information content (AvgIpc) is 2.77. The Kier molecular flexibility index (Phi) is 1.57. The Morgan fingerprint density at radius 2 is 2.54 bits per heavy atom. The van der Waals surface area contributed by atoms with E-state index >= 15 is 0 Å². The molecule has 1 aromatic rings. The highest BCUT2D eigenvalue weighted by Gasteiger charge is 2.38. The largest absolute Gasteiger partial charge is 0.341 e. The van der Waals surface area contributed by atoms with Crippen LogP contribution in [-0.2, 0) is 0 Å². The first-order valence-electron chi connectivity index (χ1n) is 4.63. The van der Waals surface area contributed by atoms with Crippen LogP contribution >= 0.6 is 11.5 Å². The molecule has 0 aromatic carbocycles. The van der Waals surface area contributed by atoms with Crippen LogP contribution < -0.4 is 10.2 Å². The van der Waals surface area contributed by atoms with Gasteiger partial charge < -0.3 is 10.2 Å². The minimum Gasteiger partial charge on any atom is -0.341 e. The van der Waals surface area contributed by atoms with E-state index in [9.17, 15) is 0 Å². The number of aromatic nitrogens is 2. The number of aryl methyl sites for hydroxylation is 1. The molecule has 0 saturated carbocycles. The fraction of sp³-hybridized carbons (Fsp3) is 0.750. The van der Waals surface area contributed by atoms with Gasteiger partial charge in [0.05, 0.1) is 0 Å². The Bertz CT molecular complexity index is 324. The van der Waals surface area contributed by atoms with Gasteiger partial charge in [0.1, 0.15) is 5.82 Å². The van der Waals surface area contributed by atoms with Gasteiger partial charge in [0, 0.05) is 36.7 Å². The molecule has 70 valence electrons. The Morgan fingerprint density at radius 1 is 1.62 bits per heavy atom. The lowest BCUT2D eigenvalue weighted by Crippen LogP contribution is -2.43. The summed E-state index contributed by atoms with van der Waals surface area (Å²) in [6.45, 7) is 4.18. The molecule has 0 aliphatic carbocycles. The third-order valence-electron chi connectivity index (χ3n) is 2.82. The molecule has 0 radical (unpaired) electrons. The lowest BCUT2D eigenvalue weighted by molar-refractivity contribution is 0.579. The summed E-state index contributed by atoms with van der Waals surface area (Å²) < 4.78 is 4.21. The van der Waals surface area contributed by atoms with Crippen molar-refractivity contribution in [1.82, 2.24) is 14.7 Å². The van der Waals surface area contributed by atoms with Crippen molar-refractivity contribution in [3.8, 4) is 0 Å². The van der Waals surface area contributed by atoms with Crippen molar-refractivity contribution < 1.29 is 0 Å². The summed E-state index contributed by atoms with van der Waals surface area (Å²) in [5.41, 5.74) is 0. The van der Waals surface area contributed by atoms with Crippen LogP contribution in [0.2, 0.25) is 0 Å². The van der Waals surface area contributed by atoms with E-state index in [0.717, 1.165) is 24.0 Å². The molecular formula is C8H12N4S. The summed E-state index contributed by atoms with van der Waals surface area (Å²) in [5, 5.41) is 4.58. The van der Waals surface area contributed by atoms with Gasteiger partial charge in [-0.15, -0.1) is 0 Å². The molecule has 2 atom stereocenters. The maximum absolute atomic E-state index is 4.42. The predicted molar refractivity (Wildman–Crippen MR) is 52.2 cm³/mol. The number of hydrogen-bond acceptors (Lipinski definition) is 5. The number of nitrogens with one attached hydrogen (secondary N) is 1. The van der Waals surface area contributed by atoms with Gasteiger partial charge in [-0.2, -0.15) is 4.37 Å². The zero-order valence-corrected chi connectivity index (χ0v) is 8.34. The highest BCUT2D eigenvalue weighted by molar-refractivity contribution is 7.09. The normalized spacial score (nSPS) is 31.6. The number of fused-ring (bicyclic) bond motifs is 2. The summed E-state index contributed by atoms with van der Waals surface area (Å²) in [4.78, 5) is 6.81. The molecule has 1 N–H and O–H groups in total. The predicted octanol–water partition coefficient (Wildman–Crippen LogP) is 0.397. The number of piperazine rings is 1. The van der Waals surface area contributed by atoms with Crippen LogP contribution in [0.3, 0.4) is 0 Å². The van der Waals surface area contributed by atoms with Gasteiger partial charge in [-0.25, -0.2) is 4.98 Å². The van der Waals surface area contributed by atoms with Crippen LogP contribution in [-0.4, -0.2) is 34.5 Å². The van der Waals surface area contributed by atoms with Gasteiger partial charge in [0.2, 0.25) is 5.13 Å². The van der Waals surface area contributed by atoms with E-state index in [0.29, 0.717) is 12.1 Å². The molecule has 0 unspecified atom stereocenters. The summed E-state index contributed by atoms with van der Waals surface area (Å²) in [7, 11) is 0. The topological polar surface area (TPSA) is 41.1 Å². The highest BCUT2D eigenvalue weighted by Crippen LogP contribution is 2.30. The third kappa shape index (κ3) is 1.14. The number of anilines is 1. The molecule has 4 nitrogen and oxygen atoms in total. The van der Waals surface area contributed by atoms with Gasteiger partial charge in [-0.3, -0.25) is 0 Å². The maximum atomic E-state index is 4.42. The smallest absolute Gasteiger partial charge is 0.205 e. The number of rotatable bonds is 1. The molecule has 0 amide bonds. The maximum Gasteiger partial charge on any atom is 0.205 e.